The Hall–Kier alpha value is -0.910. The second-order valence-corrected chi connectivity index (χ2v) is 7.13. The van der Waals surface area contributed by atoms with Gasteiger partial charge in [0.25, 0.3) is 0 Å². The maximum Gasteiger partial charge on any atom is 0.534 e. The van der Waals surface area contributed by atoms with Crippen LogP contribution in [-0.2, 0) is 28.5 Å². The molecule has 1 aliphatic carbocycles. The van der Waals surface area contributed by atoms with E-state index in [0.29, 0.717) is 19.8 Å². The van der Waals surface area contributed by atoms with Crippen LogP contribution in [0.2, 0.25) is 0 Å². The van der Waals surface area contributed by atoms with Gasteiger partial charge in [-0.2, -0.15) is 21.6 Å². The van der Waals surface area contributed by atoms with E-state index in [9.17, 15) is 26.0 Å². The van der Waals surface area contributed by atoms with Crippen LogP contribution in [0.25, 0.3) is 0 Å². The first-order valence-corrected chi connectivity index (χ1v) is 8.68. The van der Waals surface area contributed by atoms with Gasteiger partial charge in [0, 0.05) is 12.8 Å². The summed E-state index contributed by atoms with van der Waals surface area (Å²) in [5.74, 6) is -0.412. The van der Waals surface area contributed by atoms with E-state index in [1.807, 2.05) is 0 Å². The molecule has 1 unspecified atom stereocenters. The monoisotopic (exact) mass is 378 g/mol. The smallest absolute Gasteiger partial charge is 0.381 e. The lowest BCUT2D eigenvalue weighted by molar-refractivity contribution is -0.124. The Kier molecular flexibility index (Phi) is 6.10. The van der Waals surface area contributed by atoms with E-state index in [2.05, 4.69) is 4.18 Å². The van der Waals surface area contributed by atoms with E-state index in [1.165, 1.54) is 0 Å². The van der Waals surface area contributed by atoms with Crippen molar-refractivity contribution < 1.29 is 44.4 Å². The molecule has 2 atom stereocenters. The van der Waals surface area contributed by atoms with Gasteiger partial charge in [-0.3, -0.25) is 0 Å². The zero-order valence-electron chi connectivity index (χ0n) is 12.7. The Morgan fingerprint density at radius 3 is 2.62 bits per heavy atom. The summed E-state index contributed by atoms with van der Waals surface area (Å²) in [4.78, 5) is 0. The quantitative estimate of drug-likeness (QED) is 0.400. The maximum absolute atomic E-state index is 14.5. The maximum atomic E-state index is 14.5. The Balaban J connectivity index is 1.80. The largest absolute Gasteiger partial charge is 0.534 e. The first kappa shape index (κ1) is 19.4. The minimum Gasteiger partial charge on any atom is -0.381 e. The lowest BCUT2D eigenvalue weighted by Gasteiger charge is -2.29. The Labute approximate surface area is 136 Å². The van der Waals surface area contributed by atoms with Crippen molar-refractivity contribution in [2.45, 2.75) is 36.5 Å². The molecule has 0 spiro atoms. The number of rotatable bonds is 6. The van der Waals surface area contributed by atoms with Gasteiger partial charge >= 0.3 is 15.6 Å². The van der Waals surface area contributed by atoms with E-state index in [-0.39, 0.29) is 38.6 Å². The van der Waals surface area contributed by atoms with E-state index in [1.54, 1.807) is 0 Å². The molecule has 6 nitrogen and oxygen atoms in total. The molecule has 2 aliphatic rings. The van der Waals surface area contributed by atoms with Gasteiger partial charge in [0.2, 0.25) is 0 Å². The SMILES string of the molecule is O=S(=O)(OC1=CCC(F)(COC[C@@H]2COCCO2)CC1)C(F)(F)F. The third kappa shape index (κ3) is 5.30. The minimum absolute atomic E-state index is 0.140. The van der Waals surface area contributed by atoms with Gasteiger partial charge in [-0.25, -0.2) is 4.39 Å². The highest BCUT2D eigenvalue weighted by Crippen LogP contribution is 2.35. The molecule has 1 saturated heterocycles. The third-order valence-electron chi connectivity index (χ3n) is 3.56. The Morgan fingerprint density at radius 2 is 2.08 bits per heavy atom. The molecular formula is C13H18F4O6S. The number of allylic oxidation sites excluding steroid dienone is 2. The molecule has 24 heavy (non-hydrogen) atoms. The normalized spacial score (nSPS) is 29.2. The molecule has 0 aromatic carbocycles. The van der Waals surface area contributed by atoms with Crippen molar-refractivity contribution in [1.29, 1.82) is 0 Å². The van der Waals surface area contributed by atoms with Gasteiger partial charge < -0.3 is 18.4 Å². The number of hydrogen-bond acceptors (Lipinski definition) is 6. The summed E-state index contributed by atoms with van der Waals surface area (Å²) in [6, 6.07) is 0. The van der Waals surface area contributed by atoms with Crippen LogP contribution >= 0.6 is 0 Å². The predicted molar refractivity (Wildman–Crippen MR) is 73.2 cm³/mol. The van der Waals surface area contributed by atoms with Gasteiger partial charge in [0.15, 0.2) is 0 Å². The van der Waals surface area contributed by atoms with E-state index in [0.717, 1.165) is 6.08 Å². The van der Waals surface area contributed by atoms with Crippen LogP contribution in [0.4, 0.5) is 17.6 Å². The first-order chi connectivity index (χ1) is 11.1. The van der Waals surface area contributed by atoms with E-state index >= 15 is 0 Å². The summed E-state index contributed by atoms with van der Waals surface area (Å²) in [6.45, 7) is 1.15. The molecule has 140 valence electrons. The molecule has 0 amide bonds. The fourth-order valence-corrected chi connectivity index (χ4v) is 2.78. The van der Waals surface area contributed by atoms with Crippen molar-refractivity contribution in [3.05, 3.63) is 11.8 Å². The molecule has 0 N–H and O–H groups in total. The topological polar surface area (TPSA) is 71.1 Å². The molecule has 1 heterocycles. The van der Waals surface area contributed by atoms with Crippen molar-refractivity contribution in [3.63, 3.8) is 0 Å². The third-order valence-corrected chi connectivity index (χ3v) is 4.57. The summed E-state index contributed by atoms with van der Waals surface area (Å²) in [6.07, 6.45) is -0.0297. The fourth-order valence-electron chi connectivity index (χ4n) is 2.25. The van der Waals surface area contributed by atoms with Crippen LogP contribution < -0.4 is 0 Å². The zero-order chi connectivity index (χ0) is 17.8. The second-order valence-electron chi connectivity index (χ2n) is 5.59. The Morgan fingerprint density at radius 1 is 1.33 bits per heavy atom. The molecule has 1 fully saturated rings. The molecule has 0 aromatic heterocycles. The molecule has 0 saturated carbocycles. The van der Waals surface area contributed by atoms with Crippen molar-refractivity contribution in [2.75, 3.05) is 33.0 Å². The van der Waals surface area contributed by atoms with Gasteiger partial charge in [0.1, 0.15) is 17.5 Å². The molecule has 11 heteroatoms. The summed E-state index contributed by atoms with van der Waals surface area (Å²) >= 11 is 0. The average molecular weight is 378 g/mol. The fraction of sp³-hybridized carbons (Fsp3) is 0.846. The highest BCUT2D eigenvalue weighted by Gasteiger charge is 2.49. The van der Waals surface area contributed by atoms with Crippen LogP contribution in [0.15, 0.2) is 11.8 Å². The lowest BCUT2D eigenvalue weighted by Crippen LogP contribution is -2.37. The predicted octanol–water partition coefficient (Wildman–Crippen LogP) is 2.06. The van der Waals surface area contributed by atoms with Crippen molar-refractivity contribution in [3.8, 4) is 0 Å². The van der Waals surface area contributed by atoms with Gasteiger partial charge in [-0.1, -0.05) is 0 Å². The van der Waals surface area contributed by atoms with E-state index < -0.39 is 27.1 Å². The molecule has 1 aliphatic heterocycles. The zero-order valence-corrected chi connectivity index (χ0v) is 13.5. The van der Waals surface area contributed by atoms with Gasteiger partial charge in [0.05, 0.1) is 33.0 Å². The minimum atomic E-state index is -5.72. The number of ether oxygens (including phenoxy) is 3. The first-order valence-electron chi connectivity index (χ1n) is 7.27. The van der Waals surface area contributed by atoms with Crippen molar-refractivity contribution in [2.24, 2.45) is 0 Å². The van der Waals surface area contributed by atoms with Crippen molar-refractivity contribution >= 4 is 10.1 Å². The number of alkyl halides is 4. The van der Waals surface area contributed by atoms with Crippen LogP contribution in [0.3, 0.4) is 0 Å². The molecule has 0 radical (unpaired) electrons. The van der Waals surface area contributed by atoms with Gasteiger partial charge in [-0.15, -0.1) is 0 Å². The number of halogens is 4. The lowest BCUT2D eigenvalue weighted by atomic mass is 9.91. The molecule has 2 rings (SSSR count). The molecular weight excluding hydrogens is 360 g/mol. The van der Waals surface area contributed by atoms with E-state index in [4.69, 9.17) is 14.2 Å². The van der Waals surface area contributed by atoms with Crippen LogP contribution in [0.5, 0.6) is 0 Å². The summed E-state index contributed by atoms with van der Waals surface area (Å²) < 4.78 is 92.7. The van der Waals surface area contributed by atoms with Crippen LogP contribution in [0.1, 0.15) is 19.3 Å². The van der Waals surface area contributed by atoms with Crippen LogP contribution in [-0.4, -0.2) is 58.7 Å². The highest BCUT2D eigenvalue weighted by molar-refractivity contribution is 7.87. The standard InChI is InChI=1S/C13H18F4O6S/c14-12(9-21-8-11-7-20-5-6-22-11)3-1-10(2-4-12)23-24(18,19)13(15,16)17/h1,11H,2-9H2/t11-,12?/m0/s1. The highest BCUT2D eigenvalue weighted by atomic mass is 32.2. The summed E-state index contributed by atoms with van der Waals surface area (Å²) in [5, 5.41) is 0. The van der Waals surface area contributed by atoms with Gasteiger partial charge in [-0.05, 0) is 12.5 Å². The molecule has 0 bridgehead atoms. The second kappa shape index (κ2) is 7.54. The van der Waals surface area contributed by atoms with Crippen molar-refractivity contribution in [1.82, 2.24) is 0 Å². The summed E-state index contributed by atoms with van der Waals surface area (Å²) in [5.41, 5.74) is -7.30. The number of hydrogen-bond donors (Lipinski definition) is 0. The van der Waals surface area contributed by atoms with Crippen LogP contribution in [0, 0.1) is 0 Å². The Bertz CT molecular complexity index is 555. The summed E-state index contributed by atoms with van der Waals surface area (Å²) in [7, 11) is -5.72. The molecule has 0 aromatic rings. The average Bonchev–Trinajstić information content (AvgIpc) is 2.50.